The Morgan fingerprint density at radius 1 is 1.31 bits per heavy atom. The Morgan fingerprint density at radius 2 is 1.96 bits per heavy atom. The minimum Gasteiger partial charge on any atom is -0.444 e. The van der Waals surface area contributed by atoms with E-state index in [1.807, 2.05) is 61.9 Å². The Labute approximate surface area is 159 Å². The number of likely N-dealkylation sites (tertiary alicyclic amines) is 1. The van der Waals surface area contributed by atoms with Crippen molar-refractivity contribution < 1.29 is 9.53 Å². The molecule has 0 radical (unpaired) electrons. The molecule has 3 rings (SSSR count). The quantitative estimate of drug-likeness (QED) is 0.806. The smallest absolute Gasteiger partial charge is 0.410 e. The van der Waals surface area contributed by atoms with Crippen LogP contribution < -0.4 is 4.90 Å². The van der Waals surface area contributed by atoms with E-state index in [9.17, 15) is 4.79 Å². The number of hydrogen-bond acceptors (Lipinski definition) is 5. The number of likely N-dealkylation sites (N-methyl/N-ethyl adjacent to an activating group) is 1. The lowest BCUT2D eigenvalue weighted by Crippen LogP contribution is -2.44. The van der Waals surface area contributed by atoms with Gasteiger partial charge in [0.15, 0.2) is 11.0 Å². The topological polar surface area (TPSA) is 58.6 Å². The lowest BCUT2D eigenvalue weighted by atomic mass is 10.2. The van der Waals surface area contributed by atoms with Crippen LogP contribution in [0.15, 0.2) is 24.3 Å². The predicted molar refractivity (Wildman–Crippen MR) is 104 cm³/mol. The minimum atomic E-state index is -0.497. The van der Waals surface area contributed by atoms with Crippen molar-refractivity contribution in [3.8, 4) is 0 Å². The zero-order valence-electron chi connectivity index (χ0n) is 15.7. The molecule has 0 spiro atoms. The maximum atomic E-state index is 12.5. The molecule has 2 aromatic rings. The number of rotatable bonds is 3. The molecule has 26 heavy (non-hydrogen) atoms. The van der Waals surface area contributed by atoms with Gasteiger partial charge in [-0.05, 0) is 45.7 Å². The summed E-state index contributed by atoms with van der Waals surface area (Å²) >= 11 is 6.35. The number of aromatic nitrogens is 2. The maximum absolute atomic E-state index is 12.5. The first kappa shape index (κ1) is 18.7. The van der Waals surface area contributed by atoms with Crippen LogP contribution in [0.2, 0.25) is 5.15 Å². The molecule has 1 atom stereocenters. The lowest BCUT2D eigenvalue weighted by Gasteiger charge is -2.31. The van der Waals surface area contributed by atoms with Crippen molar-refractivity contribution in [1.82, 2.24) is 14.9 Å². The summed E-state index contributed by atoms with van der Waals surface area (Å²) in [5.41, 5.74) is 1.07. The third-order valence-electron chi connectivity index (χ3n) is 4.36. The molecule has 0 aliphatic carbocycles. The molecule has 7 heteroatoms. The molecule has 1 aromatic heterocycles. The largest absolute Gasteiger partial charge is 0.444 e. The van der Waals surface area contributed by atoms with Crippen LogP contribution in [0.25, 0.3) is 11.0 Å². The number of ether oxygens (including phenoxy) is 1. The molecule has 1 fully saturated rings. The molecule has 1 aliphatic rings. The van der Waals surface area contributed by atoms with Crippen LogP contribution in [0.4, 0.5) is 10.6 Å². The number of hydrogen-bond donors (Lipinski definition) is 0. The van der Waals surface area contributed by atoms with Crippen LogP contribution >= 0.6 is 11.6 Å². The number of benzene rings is 1. The van der Waals surface area contributed by atoms with Crippen molar-refractivity contribution in [3.63, 3.8) is 0 Å². The Bertz CT molecular complexity index is 806. The third kappa shape index (κ3) is 4.18. The second-order valence-electron chi connectivity index (χ2n) is 7.68. The molecule has 1 aliphatic heterocycles. The standard InChI is InChI=1S/C19H25ClN4O2/c1-19(2,3)26-18(25)24-11-7-8-13(24)12-23(4)17-16(20)21-14-9-5-6-10-15(14)22-17/h5-6,9-10,13H,7-8,11-12H2,1-4H3/t13-/m0/s1. The highest BCUT2D eigenvalue weighted by atomic mass is 35.5. The van der Waals surface area contributed by atoms with Crippen molar-refractivity contribution in [1.29, 1.82) is 0 Å². The molecule has 2 heterocycles. The zero-order chi connectivity index (χ0) is 18.9. The number of carbonyl (C=O) groups is 1. The van der Waals surface area contributed by atoms with Crippen molar-refractivity contribution in [3.05, 3.63) is 29.4 Å². The fraction of sp³-hybridized carbons (Fsp3) is 0.526. The van der Waals surface area contributed by atoms with Crippen LogP contribution in [0, 0.1) is 0 Å². The van der Waals surface area contributed by atoms with Gasteiger partial charge in [-0.3, -0.25) is 0 Å². The summed E-state index contributed by atoms with van der Waals surface area (Å²) in [6.45, 7) is 6.99. The molecule has 0 saturated carbocycles. The van der Waals surface area contributed by atoms with E-state index in [4.69, 9.17) is 16.3 Å². The van der Waals surface area contributed by atoms with Gasteiger partial charge in [-0.25, -0.2) is 14.8 Å². The van der Waals surface area contributed by atoms with Gasteiger partial charge < -0.3 is 14.5 Å². The number of halogens is 1. The first-order chi connectivity index (χ1) is 12.2. The van der Waals surface area contributed by atoms with Gasteiger partial charge in [0.2, 0.25) is 0 Å². The van der Waals surface area contributed by atoms with E-state index in [1.54, 1.807) is 0 Å². The van der Waals surface area contributed by atoms with Gasteiger partial charge in [-0.15, -0.1) is 0 Å². The summed E-state index contributed by atoms with van der Waals surface area (Å²) in [5, 5.41) is 0.369. The van der Waals surface area contributed by atoms with E-state index in [0.29, 0.717) is 24.1 Å². The molecule has 6 nitrogen and oxygen atoms in total. The summed E-state index contributed by atoms with van der Waals surface area (Å²) < 4.78 is 5.53. The first-order valence-corrected chi connectivity index (χ1v) is 9.25. The van der Waals surface area contributed by atoms with Gasteiger partial charge in [-0.1, -0.05) is 23.7 Å². The number of fused-ring (bicyclic) bond motifs is 1. The van der Waals surface area contributed by atoms with E-state index in [2.05, 4.69) is 9.97 Å². The molecule has 1 aromatic carbocycles. The average Bonchev–Trinajstić information content (AvgIpc) is 3.00. The fourth-order valence-corrected chi connectivity index (χ4v) is 3.48. The highest BCUT2D eigenvalue weighted by molar-refractivity contribution is 6.32. The van der Waals surface area contributed by atoms with Gasteiger partial charge in [0.25, 0.3) is 0 Å². The zero-order valence-corrected chi connectivity index (χ0v) is 16.5. The van der Waals surface area contributed by atoms with E-state index < -0.39 is 5.60 Å². The predicted octanol–water partition coefficient (Wildman–Crippen LogP) is 4.12. The van der Waals surface area contributed by atoms with Crippen LogP contribution in [0.5, 0.6) is 0 Å². The number of carbonyl (C=O) groups excluding carboxylic acids is 1. The Kier molecular flexibility index (Phi) is 5.23. The Morgan fingerprint density at radius 3 is 2.62 bits per heavy atom. The van der Waals surface area contributed by atoms with Crippen LogP contribution in [-0.4, -0.2) is 52.7 Å². The van der Waals surface area contributed by atoms with E-state index >= 15 is 0 Å². The molecule has 0 bridgehead atoms. The van der Waals surface area contributed by atoms with Gasteiger partial charge >= 0.3 is 6.09 Å². The number of para-hydroxylation sites is 2. The summed E-state index contributed by atoms with van der Waals surface area (Å²) in [6.07, 6.45) is 1.64. The first-order valence-electron chi connectivity index (χ1n) is 8.87. The molecule has 1 saturated heterocycles. The van der Waals surface area contributed by atoms with Gasteiger partial charge in [0.1, 0.15) is 5.60 Å². The Balaban J connectivity index is 1.75. The SMILES string of the molecule is CN(C[C@@H]1CCCN1C(=O)OC(C)(C)C)c1nc2ccccc2nc1Cl. The van der Waals surface area contributed by atoms with Gasteiger partial charge in [-0.2, -0.15) is 0 Å². The maximum Gasteiger partial charge on any atom is 0.410 e. The van der Waals surface area contributed by atoms with Crippen LogP contribution in [-0.2, 0) is 4.74 Å². The highest BCUT2D eigenvalue weighted by Crippen LogP contribution is 2.27. The highest BCUT2D eigenvalue weighted by Gasteiger charge is 2.33. The second kappa shape index (κ2) is 7.27. The second-order valence-corrected chi connectivity index (χ2v) is 8.04. The third-order valence-corrected chi connectivity index (χ3v) is 4.62. The molecule has 0 unspecified atom stereocenters. The number of anilines is 1. The van der Waals surface area contributed by atoms with Crippen molar-refractivity contribution in [2.24, 2.45) is 0 Å². The molecule has 140 valence electrons. The van der Waals surface area contributed by atoms with Crippen molar-refractivity contribution in [2.75, 3.05) is 25.0 Å². The van der Waals surface area contributed by atoms with Gasteiger partial charge in [0.05, 0.1) is 17.1 Å². The van der Waals surface area contributed by atoms with Crippen LogP contribution in [0.1, 0.15) is 33.6 Å². The molecule has 0 N–H and O–H groups in total. The molecular weight excluding hydrogens is 352 g/mol. The lowest BCUT2D eigenvalue weighted by molar-refractivity contribution is 0.0232. The summed E-state index contributed by atoms with van der Waals surface area (Å²) in [4.78, 5) is 25.3. The normalized spacial score (nSPS) is 17.6. The molecular formula is C19H25ClN4O2. The summed E-state index contributed by atoms with van der Waals surface area (Å²) in [5.74, 6) is 0.626. The summed E-state index contributed by atoms with van der Waals surface area (Å²) in [7, 11) is 1.93. The van der Waals surface area contributed by atoms with E-state index in [1.165, 1.54) is 0 Å². The average molecular weight is 377 g/mol. The number of amides is 1. The fourth-order valence-electron chi connectivity index (χ4n) is 3.20. The number of nitrogens with zero attached hydrogens (tertiary/aromatic N) is 4. The van der Waals surface area contributed by atoms with Gasteiger partial charge in [0, 0.05) is 20.1 Å². The Hall–Kier alpha value is -2.08. The van der Waals surface area contributed by atoms with Crippen LogP contribution in [0.3, 0.4) is 0 Å². The van der Waals surface area contributed by atoms with E-state index in [0.717, 1.165) is 23.9 Å². The van der Waals surface area contributed by atoms with E-state index in [-0.39, 0.29) is 12.1 Å². The minimum absolute atomic E-state index is 0.0687. The monoisotopic (exact) mass is 376 g/mol. The molecule has 1 amide bonds. The van der Waals surface area contributed by atoms with Crippen molar-refractivity contribution in [2.45, 2.75) is 45.3 Å². The van der Waals surface area contributed by atoms with Crippen molar-refractivity contribution >= 4 is 34.5 Å². The summed E-state index contributed by atoms with van der Waals surface area (Å²) in [6, 6.07) is 7.71.